The third-order valence-corrected chi connectivity index (χ3v) is 4.48. The molecule has 1 N–H and O–H groups in total. The summed E-state index contributed by atoms with van der Waals surface area (Å²) in [6.07, 6.45) is 4.09. The summed E-state index contributed by atoms with van der Waals surface area (Å²) in [5.41, 5.74) is 5.33. The SMILES string of the molecule is CNCc1cc(OC)ccc1-c1ccc(C2CCC2)cc1. The van der Waals surface area contributed by atoms with Gasteiger partial charge in [-0.15, -0.1) is 0 Å². The summed E-state index contributed by atoms with van der Waals surface area (Å²) >= 11 is 0. The predicted molar refractivity (Wildman–Crippen MR) is 87.8 cm³/mol. The van der Waals surface area contributed by atoms with E-state index in [1.807, 2.05) is 13.1 Å². The Kier molecular flexibility index (Phi) is 4.26. The van der Waals surface area contributed by atoms with E-state index in [4.69, 9.17) is 4.74 Å². The van der Waals surface area contributed by atoms with Crippen molar-refractivity contribution in [2.24, 2.45) is 0 Å². The van der Waals surface area contributed by atoms with Gasteiger partial charge in [0.1, 0.15) is 5.75 Å². The van der Waals surface area contributed by atoms with Gasteiger partial charge in [-0.25, -0.2) is 0 Å². The summed E-state index contributed by atoms with van der Waals surface area (Å²) in [7, 11) is 3.69. The zero-order chi connectivity index (χ0) is 14.7. The number of nitrogens with one attached hydrogen (secondary N) is 1. The van der Waals surface area contributed by atoms with Crippen LogP contribution in [0.15, 0.2) is 42.5 Å². The molecule has 1 aliphatic rings. The second-order valence-corrected chi connectivity index (χ2v) is 5.80. The normalized spacial score (nSPS) is 14.8. The number of hydrogen-bond donors (Lipinski definition) is 1. The molecule has 0 atom stereocenters. The minimum atomic E-state index is 0.798. The van der Waals surface area contributed by atoms with Crippen LogP contribution in [-0.4, -0.2) is 14.2 Å². The molecule has 110 valence electrons. The highest BCUT2D eigenvalue weighted by Gasteiger charge is 2.19. The molecule has 2 aromatic carbocycles. The molecular formula is C19H23NO. The molecule has 0 saturated heterocycles. The van der Waals surface area contributed by atoms with Crippen LogP contribution in [-0.2, 0) is 6.54 Å². The first-order valence-corrected chi connectivity index (χ1v) is 7.73. The van der Waals surface area contributed by atoms with Crippen LogP contribution in [0.3, 0.4) is 0 Å². The Balaban J connectivity index is 1.91. The fourth-order valence-corrected chi connectivity index (χ4v) is 2.99. The van der Waals surface area contributed by atoms with E-state index < -0.39 is 0 Å². The molecular weight excluding hydrogens is 258 g/mol. The zero-order valence-electron chi connectivity index (χ0n) is 12.9. The van der Waals surface area contributed by atoms with Crippen molar-refractivity contribution >= 4 is 0 Å². The Bertz CT molecular complexity index is 599. The number of rotatable bonds is 5. The molecule has 0 radical (unpaired) electrons. The maximum Gasteiger partial charge on any atom is 0.119 e. The van der Waals surface area contributed by atoms with E-state index in [1.54, 1.807) is 7.11 Å². The molecule has 3 rings (SSSR count). The van der Waals surface area contributed by atoms with E-state index in [-0.39, 0.29) is 0 Å². The topological polar surface area (TPSA) is 21.3 Å². The van der Waals surface area contributed by atoms with E-state index in [9.17, 15) is 0 Å². The van der Waals surface area contributed by atoms with Gasteiger partial charge >= 0.3 is 0 Å². The number of ether oxygens (including phenoxy) is 1. The van der Waals surface area contributed by atoms with Gasteiger partial charge in [0.2, 0.25) is 0 Å². The second kappa shape index (κ2) is 6.31. The first-order chi connectivity index (χ1) is 10.3. The van der Waals surface area contributed by atoms with Gasteiger partial charge in [-0.05, 0) is 60.2 Å². The first kappa shape index (κ1) is 14.2. The van der Waals surface area contributed by atoms with Crippen LogP contribution in [0, 0.1) is 0 Å². The van der Waals surface area contributed by atoms with Gasteiger partial charge in [-0.3, -0.25) is 0 Å². The van der Waals surface area contributed by atoms with Gasteiger partial charge in [0.25, 0.3) is 0 Å². The molecule has 0 unspecified atom stereocenters. The largest absolute Gasteiger partial charge is 0.497 e. The molecule has 0 amide bonds. The van der Waals surface area contributed by atoms with E-state index in [0.29, 0.717) is 0 Å². The lowest BCUT2D eigenvalue weighted by Crippen LogP contribution is -2.08. The molecule has 2 aromatic rings. The smallest absolute Gasteiger partial charge is 0.119 e. The monoisotopic (exact) mass is 281 g/mol. The maximum absolute atomic E-state index is 5.34. The van der Waals surface area contributed by atoms with Gasteiger partial charge in [-0.1, -0.05) is 36.8 Å². The quantitative estimate of drug-likeness (QED) is 0.879. The van der Waals surface area contributed by atoms with Crippen LogP contribution in [0.25, 0.3) is 11.1 Å². The lowest BCUT2D eigenvalue weighted by molar-refractivity contribution is 0.414. The zero-order valence-corrected chi connectivity index (χ0v) is 12.9. The molecule has 0 aromatic heterocycles. The highest BCUT2D eigenvalue weighted by atomic mass is 16.5. The van der Waals surface area contributed by atoms with Crippen molar-refractivity contribution < 1.29 is 4.74 Å². The molecule has 2 heteroatoms. The second-order valence-electron chi connectivity index (χ2n) is 5.80. The van der Waals surface area contributed by atoms with E-state index in [2.05, 4.69) is 41.7 Å². The van der Waals surface area contributed by atoms with Crippen LogP contribution in [0.2, 0.25) is 0 Å². The number of methoxy groups -OCH3 is 1. The van der Waals surface area contributed by atoms with Crippen LogP contribution in [0.4, 0.5) is 0 Å². The van der Waals surface area contributed by atoms with Crippen molar-refractivity contribution in [3.63, 3.8) is 0 Å². The molecule has 0 spiro atoms. The summed E-state index contributed by atoms with van der Waals surface area (Å²) in [5, 5.41) is 3.24. The van der Waals surface area contributed by atoms with Crippen molar-refractivity contribution in [3.8, 4) is 16.9 Å². The number of benzene rings is 2. The molecule has 1 aliphatic carbocycles. The lowest BCUT2D eigenvalue weighted by atomic mass is 9.80. The van der Waals surface area contributed by atoms with Crippen LogP contribution in [0.1, 0.15) is 36.3 Å². The molecule has 1 fully saturated rings. The van der Waals surface area contributed by atoms with Crippen LogP contribution >= 0.6 is 0 Å². The highest BCUT2D eigenvalue weighted by molar-refractivity contribution is 5.68. The molecule has 21 heavy (non-hydrogen) atoms. The van der Waals surface area contributed by atoms with Gasteiger partial charge in [0.15, 0.2) is 0 Å². The van der Waals surface area contributed by atoms with Crippen molar-refractivity contribution in [2.45, 2.75) is 31.7 Å². The predicted octanol–water partition coefficient (Wildman–Crippen LogP) is 4.35. The summed E-state index contributed by atoms with van der Waals surface area (Å²) in [6.45, 7) is 0.844. The molecule has 0 bridgehead atoms. The maximum atomic E-state index is 5.34. The Morgan fingerprint density at radius 3 is 2.43 bits per heavy atom. The standard InChI is InChI=1S/C19H23NO/c1-20-13-17-12-18(21-2)10-11-19(17)16-8-6-15(7-9-16)14-4-3-5-14/h6-12,14,20H,3-5,13H2,1-2H3. The van der Waals surface area contributed by atoms with E-state index in [1.165, 1.54) is 41.5 Å². The Morgan fingerprint density at radius 2 is 1.86 bits per heavy atom. The molecule has 1 saturated carbocycles. The summed E-state index contributed by atoms with van der Waals surface area (Å²) in [5.74, 6) is 1.71. The van der Waals surface area contributed by atoms with Crippen molar-refractivity contribution in [1.29, 1.82) is 0 Å². The fraction of sp³-hybridized carbons (Fsp3) is 0.368. The van der Waals surface area contributed by atoms with Crippen LogP contribution < -0.4 is 10.1 Å². The Morgan fingerprint density at radius 1 is 1.10 bits per heavy atom. The Labute approximate surface area is 127 Å². The minimum Gasteiger partial charge on any atom is -0.497 e. The highest BCUT2D eigenvalue weighted by Crippen LogP contribution is 2.37. The van der Waals surface area contributed by atoms with Gasteiger partial charge in [-0.2, -0.15) is 0 Å². The van der Waals surface area contributed by atoms with E-state index in [0.717, 1.165) is 18.2 Å². The van der Waals surface area contributed by atoms with Crippen molar-refractivity contribution in [3.05, 3.63) is 53.6 Å². The van der Waals surface area contributed by atoms with Gasteiger partial charge in [0, 0.05) is 6.54 Å². The van der Waals surface area contributed by atoms with Gasteiger partial charge < -0.3 is 10.1 Å². The third kappa shape index (κ3) is 2.96. The third-order valence-electron chi connectivity index (χ3n) is 4.48. The fourth-order valence-electron chi connectivity index (χ4n) is 2.99. The first-order valence-electron chi connectivity index (χ1n) is 7.73. The molecule has 0 aliphatic heterocycles. The Hall–Kier alpha value is -1.80. The minimum absolute atomic E-state index is 0.798. The summed E-state index contributed by atoms with van der Waals surface area (Å²) < 4.78 is 5.34. The summed E-state index contributed by atoms with van der Waals surface area (Å²) in [6, 6.07) is 15.4. The van der Waals surface area contributed by atoms with Crippen molar-refractivity contribution in [2.75, 3.05) is 14.2 Å². The van der Waals surface area contributed by atoms with Gasteiger partial charge in [0.05, 0.1) is 7.11 Å². The molecule has 0 heterocycles. The van der Waals surface area contributed by atoms with Crippen molar-refractivity contribution in [1.82, 2.24) is 5.32 Å². The average Bonchev–Trinajstić information content (AvgIpc) is 2.47. The number of hydrogen-bond acceptors (Lipinski definition) is 2. The lowest BCUT2D eigenvalue weighted by Gasteiger charge is -2.26. The average molecular weight is 281 g/mol. The molecule has 2 nitrogen and oxygen atoms in total. The summed E-state index contributed by atoms with van der Waals surface area (Å²) in [4.78, 5) is 0. The van der Waals surface area contributed by atoms with Crippen LogP contribution in [0.5, 0.6) is 5.75 Å². The van der Waals surface area contributed by atoms with E-state index >= 15 is 0 Å².